The zero-order valence-electron chi connectivity index (χ0n) is 7.67. The SMILES string of the molecule is CCCCC(OC=O)C(C)C. The summed E-state index contributed by atoms with van der Waals surface area (Å²) in [7, 11) is 0. The zero-order valence-corrected chi connectivity index (χ0v) is 7.67. The molecule has 2 nitrogen and oxygen atoms in total. The summed E-state index contributed by atoms with van der Waals surface area (Å²) in [6, 6.07) is 0. The first-order valence-electron chi connectivity index (χ1n) is 4.31. The third kappa shape index (κ3) is 4.82. The van der Waals surface area contributed by atoms with Crippen molar-refractivity contribution >= 4 is 6.47 Å². The molecular weight excluding hydrogens is 140 g/mol. The Labute approximate surface area is 68.9 Å². The van der Waals surface area contributed by atoms with Crippen LogP contribution in [0.5, 0.6) is 0 Å². The Hall–Kier alpha value is -0.530. The lowest BCUT2D eigenvalue weighted by molar-refractivity contribution is -0.136. The minimum absolute atomic E-state index is 0.118. The lowest BCUT2D eigenvalue weighted by atomic mass is 10.0. The smallest absolute Gasteiger partial charge is 0.293 e. The van der Waals surface area contributed by atoms with E-state index < -0.39 is 0 Å². The van der Waals surface area contributed by atoms with Gasteiger partial charge in [-0.05, 0) is 12.3 Å². The van der Waals surface area contributed by atoms with Gasteiger partial charge in [0.15, 0.2) is 0 Å². The van der Waals surface area contributed by atoms with Crippen LogP contribution in [0, 0.1) is 5.92 Å². The van der Waals surface area contributed by atoms with Crippen LogP contribution in [0.25, 0.3) is 0 Å². The summed E-state index contributed by atoms with van der Waals surface area (Å²) < 4.78 is 4.92. The number of carbonyl (C=O) groups is 1. The van der Waals surface area contributed by atoms with E-state index in [0.29, 0.717) is 12.4 Å². The number of hydrogen-bond acceptors (Lipinski definition) is 2. The van der Waals surface area contributed by atoms with Crippen molar-refractivity contribution < 1.29 is 9.53 Å². The number of hydrogen-bond donors (Lipinski definition) is 0. The molecule has 0 bridgehead atoms. The summed E-state index contributed by atoms with van der Waals surface area (Å²) in [5.41, 5.74) is 0. The Kier molecular flexibility index (Phi) is 5.90. The van der Waals surface area contributed by atoms with Gasteiger partial charge in [-0.15, -0.1) is 0 Å². The molecule has 0 saturated carbocycles. The Morgan fingerprint density at radius 3 is 2.45 bits per heavy atom. The van der Waals surface area contributed by atoms with Crippen molar-refractivity contribution in [1.82, 2.24) is 0 Å². The number of unbranched alkanes of at least 4 members (excludes halogenated alkanes) is 1. The van der Waals surface area contributed by atoms with Gasteiger partial charge in [0.05, 0.1) is 0 Å². The minimum atomic E-state index is 0.118. The van der Waals surface area contributed by atoms with Crippen molar-refractivity contribution in [1.29, 1.82) is 0 Å². The van der Waals surface area contributed by atoms with E-state index in [1.54, 1.807) is 0 Å². The summed E-state index contributed by atoms with van der Waals surface area (Å²) >= 11 is 0. The molecule has 0 heterocycles. The van der Waals surface area contributed by atoms with Gasteiger partial charge in [-0.1, -0.05) is 33.6 Å². The largest absolute Gasteiger partial charge is 0.464 e. The van der Waals surface area contributed by atoms with Gasteiger partial charge in [-0.3, -0.25) is 4.79 Å². The molecule has 0 aromatic carbocycles. The Morgan fingerprint density at radius 1 is 1.45 bits per heavy atom. The Bertz CT molecular complexity index is 99.7. The van der Waals surface area contributed by atoms with Gasteiger partial charge in [0.2, 0.25) is 0 Å². The topological polar surface area (TPSA) is 26.3 Å². The molecule has 1 unspecified atom stereocenters. The van der Waals surface area contributed by atoms with Gasteiger partial charge in [0.25, 0.3) is 6.47 Å². The summed E-state index contributed by atoms with van der Waals surface area (Å²) in [5.74, 6) is 0.437. The maximum Gasteiger partial charge on any atom is 0.293 e. The van der Waals surface area contributed by atoms with Crippen molar-refractivity contribution in [3.05, 3.63) is 0 Å². The number of carbonyl (C=O) groups excluding carboxylic acids is 1. The van der Waals surface area contributed by atoms with Gasteiger partial charge < -0.3 is 4.74 Å². The normalized spacial score (nSPS) is 13.1. The first-order chi connectivity index (χ1) is 5.22. The first-order valence-corrected chi connectivity index (χ1v) is 4.31. The second-order valence-corrected chi connectivity index (χ2v) is 3.16. The van der Waals surface area contributed by atoms with Gasteiger partial charge in [0.1, 0.15) is 6.10 Å². The van der Waals surface area contributed by atoms with Crippen LogP contribution < -0.4 is 0 Å². The minimum Gasteiger partial charge on any atom is -0.464 e. The highest BCUT2D eigenvalue weighted by Gasteiger charge is 2.12. The van der Waals surface area contributed by atoms with Crippen LogP contribution in [0.4, 0.5) is 0 Å². The highest BCUT2D eigenvalue weighted by atomic mass is 16.5. The lowest BCUT2D eigenvalue weighted by Gasteiger charge is -2.17. The van der Waals surface area contributed by atoms with E-state index in [-0.39, 0.29) is 6.10 Å². The predicted octanol–water partition coefficient (Wildman–Crippen LogP) is 2.37. The fraction of sp³-hybridized carbons (Fsp3) is 0.889. The highest BCUT2D eigenvalue weighted by Crippen LogP contribution is 2.12. The predicted molar refractivity (Wildman–Crippen MR) is 45.3 cm³/mol. The van der Waals surface area contributed by atoms with Crippen LogP contribution in [0.3, 0.4) is 0 Å². The van der Waals surface area contributed by atoms with E-state index in [9.17, 15) is 4.79 Å². The number of rotatable bonds is 6. The first kappa shape index (κ1) is 10.5. The maximum absolute atomic E-state index is 10.1. The lowest BCUT2D eigenvalue weighted by Crippen LogP contribution is -2.18. The van der Waals surface area contributed by atoms with Crippen molar-refractivity contribution in [2.75, 3.05) is 0 Å². The van der Waals surface area contributed by atoms with Crippen molar-refractivity contribution in [3.63, 3.8) is 0 Å². The van der Waals surface area contributed by atoms with Crippen LogP contribution in [-0.4, -0.2) is 12.6 Å². The second kappa shape index (κ2) is 6.20. The summed E-state index contributed by atoms with van der Waals surface area (Å²) in [5, 5.41) is 0. The van der Waals surface area contributed by atoms with Gasteiger partial charge in [0, 0.05) is 0 Å². The van der Waals surface area contributed by atoms with Crippen LogP contribution in [0.15, 0.2) is 0 Å². The average Bonchev–Trinajstić information content (AvgIpc) is 1.97. The van der Waals surface area contributed by atoms with E-state index in [4.69, 9.17) is 4.74 Å². The molecule has 0 aliphatic carbocycles. The zero-order chi connectivity index (χ0) is 8.69. The average molecular weight is 158 g/mol. The standard InChI is InChI=1S/C9H18O2/c1-4-5-6-9(8(2)3)11-7-10/h7-9H,4-6H2,1-3H3. The molecule has 66 valence electrons. The molecule has 0 amide bonds. The molecule has 0 spiro atoms. The molecule has 0 saturated heterocycles. The number of ether oxygens (including phenoxy) is 1. The summed E-state index contributed by atoms with van der Waals surface area (Å²) in [6.07, 6.45) is 3.40. The van der Waals surface area contributed by atoms with Crippen LogP contribution in [-0.2, 0) is 9.53 Å². The highest BCUT2D eigenvalue weighted by molar-refractivity contribution is 5.37. The third-order valence-electron chi connectivity index (χ3n) is 1.82. The summed E-state index contributed by atoms with van der Waals surface area (Å²) in [6.45, 7) is 6.84. The quantitative estimate of drug-likeness (QED) is 0.555. The molecule has 2 heteroatoms. The van der Waals surface area contributed by atoms with Crippen LogP contribution >= 0.6 is 0 Å². The Balaban J connectivity index is 3.59. The van der Waals surface area contributed by atoms with E-state index in [1.165, 1.54) is 0 Å². The molecule has 0 N–H and O–H groups in total. The molecular formula is C9H18O2. The fourth-order valence-corrected chi connectivity index (χ4v) is 1.04. The van der Waals surface area contributed by atoms with E-state index in [0.717, 1.165) is 19.3 Å². The van der Waals surface area contributed by atoms with E-state index in [2.05, 4.69) is 20.8 Å². The van der Waals surface area contributed by atoms with Crippen molar-refractivity contribution in [2.45, 2.75) is 46.1 Å². The summed E-state index contributed by atoms with van der Waals surface area (Å²) in [4.78, 5) is 10.1. The molecule has 1 atom stereocenters. The molecule has 0 fully saturated rings. The van der Waals surface area contributed by atoms with Gasteiger partial charge in [-0.2, -0.15) is 0 Å². The van der Waals surface area contributed by atoms with Crippen molar-refractivity contribution in [3.8, 4) is 0 Å². The van der Waals surface area contributed by atoms with Gasteiger partial charge in [-0.25, -0.2) is 0 Å². The molecule has 0 aliphatic rings. The molecule has 0 rings (SSSR count). The van der Waals surface area contributed by atoms with Crippen molar-refractivity contribution in [2.24, 2.45) is 5.92 Å². The monoisotopic (exact) mass is 158 g/mol. The van der Waals surface area contributed by atoms with Gasteiger partial charge >= 0.3 is 0 Å². The maximum atomic E-state index is 10.1. The van der Waals surface area contributed by atoms with Crippen LogP contribution in [0.2, 0.25) is 0 Å². The molecule has 0 aromatic heterocycles. The molecule has 0 aliphatic heterocycles. The van der Waals surface area contributed by atoms with Crippen LogP contribution in [0.1, 0.15) is 40.0 Å². The fourth-order valence-electron chi connectivity index (χ4n) is 1.04. The molecule has 0 radical (unpaired) electrons. The third-order valence-corrected chi connectivity index (χ3v) is 1.82. The van der Waals surface area contributed by atoms with E-state index >= 15 is 0 Å². The molecule has 0 aromatic rings. The Morgan fingerprint density at radius 2 is 2.09 bits per heavy atom. The second-order valence-electron chi connectivity index (χ2n) is 3.16. The molecule has 11 heavy (non-hydrogen) atoms. The van der Waals surface area contributed by atoms with E-state index in [1.807, 2.05) is 0 Å².